The van der Waals surface area contributed by atoms with Gasteiger partial charge in [0, 0.05) is 23.3 Å². The molecule has 0 saturated carbocycles. The maximum absolute atomic E-state index is 12.6. The predicted molar refractivity (Wildman–Crippen MR) is 108 cm³/mol. The highest BCUT2D eigenvalue weighted by Crippen LogP contribution is 2.21. The van der Waals surface area contributed by atoms with Crippen LogP contribution in [0.4, 0.5) is 5.69 Å². The van der Waals surface area contributed by atoms with Gasteiger partial charge in [-0.1, -0.05) is 38.5 Å². The first-order valence-electron chi connectivity index (χ1n) is 8.99. The summed E-state index contributed by atoms with van der Waals surface area (Å²) in [6, 6.07) is 11.2. The minimum Gasteiger partial charge on any atom is -0.507 e. The van der Waals surface area contributed by atoms with Crippen LogP contribution in [0.2, 0.25) is 0 Å². The number of carbonyl (C=O) groups is 2. The van der Waals surface area contributed by atoms with Gasteiger partial charge in [0.25, 0.3) is 17.5 Å². The van der Waals surface area contributed by atoms with Gasteiger partial charge in [0.15, 0.2) is 0 Å². The van der Waals surface area contributed by atoms with Crippen LogP contribution in [0.3, 0.4) is 0 Å². The quantitative estimate of drug-likeness (QED) is 0.357. The molecule has 0 radical (unpaired) electrons. The number of phenolic OH excluding ortho intramolecular Hbond substituents is 1. The fraction of sp³-hybridized carbons (Fsp3) is 0.250. The third-order valence-corrected chi connectivity index (χ3v) is 4.42. The molecule has 2 amide bonds. The molecule has 2 aromatic carbocycles. The Morgan fingerprint density at radius 2 is 1.93 bits per heavy atom. The van der Waals surface area contributed by atoms with Crippen molar-refractivity contribution in [3.05, 3.63) is 69.8 Å². The molecule has 0 spiro atoms. The number of amides is 2. The zero-order valence-corrected chi connectivity index (χ0v) is 16.0. The van der Waals surface area contributed by atoms with Crippen molar-refractivity contribution in [3.63, 3.8) is 0 Å². The van der Waals surface area contributed by atoms with Gasteiger partial charge >= 0.3 is 0 Å². The maximum Gasteiger partial charge on any atom is 0.270 e. The molecule has 29 heavy (non-hydrogen) atoms. The van der Waals surface area contributed by atoms with Crippen LogP contribution < -0.4 is 10.7 Å². The molecule has 2 aromatic rings. The molecule has 2 rings (SSSR count). The van der Waals surface area contributed by atoms with E-state index in [0.29, 0.717) is 12.0 Å². The number of hydrogen-bond acceptors (Lipinski definition) is 6. The lowest BCUT2D eigenvalue weighted by Crippen LogP contribution is -2.49. The first kappa shape index (κ1) is 21.5. The van der Waals surface area contributed by atoms with Crippen molar-refractivity contribution in [2.45, 2.75) is 26.3 Å². The summed E-state index contributed by atoms with van der Waals surface area (Å²) in [6.45, 7) is 3.72. The summed E-state index contributed by atoms with van der Waals surface area (Å²) >= 11 is 0. The second kappa shape index (κ2) is 9.98. The molecule has 0 fully saturated rings. The number of benzene rings is 2. The minimum atomic E-state index is -0.830. The first-order chi connectivity index (χ1) is 13.8. The number of nitro groups is 1. The number of non-ortho nitro benzene ring substituents is 1. The highest BCUT2D eigenvalue weighted by molar-refractivity contribution is 5.97. The number of hydrazone groups is 1. The fourth-order valence-electron chi connectivity index (χ4n) is 2.51. The van der Waals surface area contributed by atoms with Gasteiger partial charge in [0.2, 0.25) is 0 Å². The van der Waals surface area contributed by atoms with Crippen LogP contribution in [0.15, 0.2) is 53.6 Å². The summed E-state index contributed by atoms with van der Waals surface area (Å²) in [6.07, 6.45) is 1.75. The Balaban J connectivity index is 2.10. The Kier molecular flexibility index (Phi) is 7.41. The van der Waals surface area contributed by atoms with Gasteiger partial charge in [0.05, 0.1) is 11.1 Å². The lowest BCUT2D eigenvalue weighted by molar-refractivity contribution is -0.384. The summed E-state index contributed by atoms with van der Waals surface area (Å²) in [5.41, 5.74) is 2.60. The zero-order chi connectivity index (χ0) is 21.4. The topological polar surface area (TPSA) is 134 Å². The van der Waals surface area contributed by atoms with E-state index in [1.165, 1.54) is 6.07 Å². The van der Waals surface area contributed by atoms with E-state index in [9.17, 15) is 24.8 Å². The number of phenols is 1. The van der Waals surface area contributed by atoms with Gasteiger partial charge in [-0.3, -0.25) is 19.7 Å². The SMILES string of the molecule is CCC(C)C(NC(=O)c1ccccc1)C(=O)NN=Cc1cc([N+](=O)[O-])ccc1O. The van der Waals surface area contributed by atoms with Gasteiger partial charge in [-0.2, -0.15) is 5.10 Å². The monoisotopic (exact) mass is 398 g/mol. The standard InChI is InChI=1S/C20H22N4O5/c1-3-13(2)18(22-19(26)14-7-5-4-6-8-14)20(27)23-21-12-15-11-16(24(28)29)9-10-17(15)25/h4-13,18,25H,3H2,1-2H3,(H,22,26)(H,23,27). The summed E-state index contributed by atoms with van der Waals surface area (Å²) in [5.74, 6) is -1.30. The largest absolute Gasteiger partial charge is 0.507 e. The lowest BCUT2D eigenvalue weighted by Gasteiger charge is -2.22. The average Bonchev–Trinajstić information content (AvgIpc) is 2.72. The lowest BCUT2D eigenvalue weighted by atomic mass is 9.98. The van der Waals surface area contributed by atoms with E-state index in [-0.39, 0.29) is 28.8 Å². The van der Waals surface area contributed by atoms with Crippen LogP contribution in [0.5, 0.6) is 5.75 Å². The molecular formula is C20H22N4O5. The number of nitro benzene ring substituents is 1. The Labute approximate surface area is 167 Å². The number of nitrogens with zero attached hydrogens (tertiary/aromatic N) is 2. The van der Waals surface area contributed by atoms with Crippen molar-refractivity contribution in [1.29, 1.82) is 0 Å². The Morgan fingerprint density at radius 1 is 1.24 bits per heavy atom. The third kappa shape index (κ3) is 5.86. The van der Waals surface area contributed by atoms with Gasteiger partial charge in [-0.05, 0) is 24.1 Å². The van der Waals surface area contributed by atoms with Crippen LogP contribution in [-0.4, -0.2) is 34.1 Å². The molecule has 0 aliphatic heterocycles. The van der Waals surface area contributed by atoms with E-state index in [4.69, 9.17) is 0 Å². The Bertz CT molecular complexity index is 914. The molecule has 2 unspecified atom stereocenters. The van der Waals surface area contributed by atoms with E-state index in [2.05, 4.69) is 15.8 Å². The van der Waals surface area contributed by atoms with Crippen molar-refractivity contribution in [2.24, 2.45) is 11.0 Å². The molecule has 3 N–H and O–H groups in total. The molecule has 9 nitrogen and oxygen atoms in total. The second-order valence-electron chi connectivity index (χ2n) is 6.44. The molecule has 0 saturated heterocycles. The molecule has 0 aliphatic rings. The van der Waals surface area contributed by atoms with E-state index >= 15 is 0 Å². The normalized spacial score (nSPS) is 12.9. The molecule has 152 valence electrons. The van der Waals surface area contributed by atoms with E-state index < -0.39 is 16.9 Å². The third-order valence-electron chi connectivity index (χ3n) is 4.42. The number of rotatable bonds is 8. The van der Waals surface area contributed by atoms with Gasteiger partial charge in [0.1, 0.15) is 11.8 Å². The van der Waals surface area contributed by atoms with Gasteiger partial charge in [-0.15, -0.1) is 0 Å². The Morgan fingerprint density at radius 3 is 2.55 bits per heavy atom. The molecule has 0 aliphatic carbocycles. The van der Waals surface area contributed by atoms with Crippen LogP contribution in [0.1, 0.15) is 36.2 Å². The van der Waals surface area contributed by atoms with Gasteiger partial charge < -0.3 is 10.4 Å². The van der Waals surface area contributed by atoms with Crippen LogP contribution in [0.25, 0.3) is 0 Å². The Hall–Kier alpha value is -3.75. The van der Waals surface area contributed by atoms with Crippen molar-refractivity contribution in [3.8, 4) is 5.75 Å². The molecule has 9 heteroatoms. The van der Waals surface area contributed by atoms with Crippen molar-refractivity contribution < 1.29 is 19.6 Å². The van der Waals surface area contributed by atoms with Crippen molar-refractivity contribution >= 4 is 23.7 Å². The molecular weight excluding hydrogens is 376 g/mol. The van der Waals surface area contributed by atoms with Gasteiger partial charge in [-0.25, -0.2) is 5.43 Å². The maximum atomic E-state index is 12.6. The fourth-order valence-corrected chi connectivity index (χ4v) is 2.51. The van der Waals surface area contributed by atoms with Crippen molar-refractivity contribution in [1.82, 2.24) is 10.7 Å². The molecule has 0 heterocycles. The molecule has 0 bridgehead atoms. The predicted octanol–water partition coefficient (Wildman–Crippen LogP) is 2.60. The van der Waals surface area contributed by atoms with E-state index in [0.717, 1.165) is 18.3 Å². The molecule has 2 atom stereocenters. The second-order valence-corrected chi connectivity index (χ2v) is 6.44. The summed E-state index contributed by atoms with van der Waals surface area (Å²) in [5, 5.41) is 27.1. The van der Waals surface area contributed by atoms with Crippen LogP contribution >= 0.6 is 0 Å². The smallest absolute Gasteiger partial charge is 0.270 e. The summed E-state index contributed by atoms with van der Waals surface area (Å²) < 4.78 is 0. The minimum absolute atomic E-state index is 0.0768. The summed E-state index contributed by atoms with van der Waals surface area (Å²) in [4.78, 5) is 35.2. The van der Waals surface area contributed by atoms with E-state index in [1.807, 2.05) is 13.8 Å². The summed E-state index contributed by atoms with van der Waals surface area (Å²) in [7, 11) is 0. The zero-order valence-electron chi connectivity index (χ0n) is 16.0. The number of hydrogen-bond donors (Lipinski definition) is 3. The van der Waals surface area contributed by atoms with Crippen LogP contribution in [0, 0.1) is 16.0 Å². The molecule has 0 aromatic heterocycles. The highest BCUT2D eigenvalue weighted by Gasteiger charge is 2.26. The average molecular weight is 398 g/mol. The number of nitrogens with one attached hydrogen (secondary N) is 2. The number of carbonyl (C=O) groups excluding carboxylic acids is 2. The first-order valence-corrected chi connectivity index (χ1v) is 8.99. The van der Waals surface area contributed by atoms with E-state index in [1.54, 1.807) is 30.3 Å². The highest BCUT2D eigenvalue weighted by atomic mass is 16.6. The number of aromatic hydroxyl groups is 1. The van der Waals surface area contributed by atoms with Crippen LogP contribution in [-0.2, 0) is 4.79 Å². The van der Waals surface area contributed by atoms with Crippen molar-refractivity contribution in [2.75, 3.05) is 0 Å².